The van der Waals surface area contributed by atoms with E-state index in [1.54, 1.807) is 0 Å². The molecule has 1 unspecified atom stereocenters. The van der Waals surface area contributed by atoms with Crippen molar-refractivity contribution < 1.29 is 38.0 Å². The first-order chi connectivity index (χ1) is 1.00. The molecular weight excluding hydrogens is 227 g/mol. The molecule has 33 valence electrons. The molecule has 0 nitrogen and oxygen atoms in total. The molecule has 0 heterocycles. The van der Waals surface area contributed by atoms with E-state index in [-0.39, 0.29) is 45.4 Å². The summed E-state index contributed by atoms with van der Waals surface area (Å²) in [5, 5.41) is 0. The number of hydrogen-bond donors (Lipinski definition) is 0. The average Bonchev–Trinajstić information content (AvgIpc) is 1.00. The van der Waals surface area contributed by atoms with Crippen LogP contribution in [-0.2, 0) is 38.0 Å². The van der Waals surface area contributed by atoms with Crippen LogP contribution in [0.2, 0.25) is 0 Å². The Bertz CT molecular complexity index is 8.00. The first-order valence-corrected chi connectivity index (χ1v) is 2.15. The van der Waals surface area contributed by atoms with Crippen LogP contribution < -0.4 is 0 Å². The van der Waals surface area contributed by atoms with E-state index in [2.05, 4.69) is 15.6 Å². The molecule has 0 saturated carbocycles. The van der Waals surface area contributed by atoms with Gasteiger partial charge in [-0.2, -0.15) is 0 Å². The van der Waals surface area contributed by atoms with Crippen molar-refractivity contribution in [3.8, 4) is 0 Å². The molecule has 0 aromatic rings. The zero-order valence-electron chi connectivity index (χ0n) is 1.18. The minimum absolute atomic E-state index is 0. The maximum atomic E-state index is 4.10. The second-order valence-corrected chi connectivity index (χ2v) is 0. The van der Waals surface area contributed by atoms with Gasteiger partial charge in [0.15, 0.2) is 0 Å². The van der Waals surface area contributed by atoms with Crippen LogP contribution in [0.25, 0.3) is 0 Å². The fraction of sp³-hybridized carbons (Fsp3) is 0. The van der Waals surface area contributed by atoms with Crippen molar-refractivity contribution in [1.29, 1.82) is 0 Å². The van der Waals surface area contributed by atoms with Crippen LogP contribution in [0, 0.1) is 0 Å². The van der Waals surface area contributed by atoms with Crippen LogP contribution in [0.15, 0.2) is 0 Å². The molecule has 1 atom stereocenters. The molecule has 0 rings (SSSR count). The Labute approximate surface area is 68.2 Å². The summed E-state index contributed by atoms with van der Waals surface area (Å²) in [6.07, 6.45) is 0. The maximum absolute atomic E-state index is 4.10. The summed E-state index contributed by atoms with van der Waals surface area (Å²) in [4.78, 5) is 0. The molecule has 0 spiro atoms. The van der Waals surface area contributed by atoms with Gasteiger partial charge < -0.3 is 0 Å². The van der Waals surface area contributed by atoms with Gasteiger partial charge >= 0.3 is 46.6 Å². The standard InChI is InChI=1S/Ag.Cu.Mg.H2P.2H/h;;;1H2;;/q;+1;;-1;;. The van der Waals surface area contributed by atoms with Gasteiger partial charge in [-0.15, -0.1) is 0 Å². The SMILES string of the molecule is [Ag].[MgH2].[PH2][Cu]. The van der Waals surface area contributed by atoms with Crippen LogP contribution in [0.1, 0.15) is 0 Å². The number of rotatable bonds is 0. The molecule has 0 amide bonds. The fourth-order valence-electron chi connectivity index (χ4n) is 0. The molecule has 0 aromatic heterocycles. The Morgan fingerprint density at radius 3 is 1.25 bits per heavy atom. The Balaban J connectivity index is -0.00000000500. The van der Waals surface area contributed by atoms with Crippen molar-refractivity contribution >= 4 is 31.0 Å². The minimum atomic E-state index is 0. The van der Waals surface area contributed by atoms with E-state index < -0.39 is 0 Å². The van der Waals surface area contributed by atoms with Gasteiger partial charge in [-0.05, 0) is 0 Å². The molecule has 0 saturated heterocycles. The second-order valence-electron chi connectivity index (χ2n) is 0. The normalized spacial score (nSPS) is 1.75. The fourth-order valence-corrected chi connectivity index (χ4v) is 0. The van der Waals surface area contributed by atoms with E-state index in [1.165, 1.54) is 0 Å². The van der Waals surface area contributed by atoms with Gasteiger partial charge in [-0.3, -0.25) is 0 Å². The van der Waals surface area contributed by atoms with Crippen LogP contribution in [0.3, 0.4) is 0 Å². The summed E-state index contributed by atoms with van der Waals surface area (Å²) in [6.45, 7) is 0. The van der Waals surface area contributed by atoms with E-state index in [0.717, 1.165) is 0 Å². The zero-order chi connectivity index (χ0) is 2.00. The van der Waals surface area contributed by atoms with Crippen LogP contribution in [0.4, 0.5) is 0 Å². The van der Waals surface area contributed by atoms with Crippen LogP contribution in [-0.4, -0.2) is 23.1 Å². The van der Waals surface area contributed by atoms with Gasteiger partial charge in [0.2, 0.25) is 0 Å². The summed E-state index contributed by atoms with van der Waals surface area (Å²) in [7, 11) is 1.98. The van der Waals surface area contributed by atoms with Gasteiger partial charge in [0.25, 0.3) is 0 Å². The van der Waals surface area contributed by atoms with Crippen LogP contribution in [0.5, 0.6) is 0 Å². The summed E-state index contributed by atoms with van der Waals surface area (Å²) in [5.41, 5.74) is 0. The van der Waals surface area contributed by atoms with Crippen molar-refractivity contribution in [1.82, 2.24) is 0 Å². The number of hydrogen-bond acceptors (Lipinski definition) is 0. The van der Waals surface area contributed by atoms with E-state index in [9.17, 15) is 0 Å². The van der Waals surface area contributed by atoms with Crippen LogP contribution >= 0.6 is 7.93 Å². The predicted molar refractivity (Wildman–Crippen MR) is 18.3 cm³/mol. The molecule has 0 bridgehead atoms. The van der Waals surface area contributed by atoms with Crippen molar-refractivity contribution in [2.75, 3.05) is 0 Å². The predicted octanol–water partition coefficient (Wildman–Crippen LogP) is -0.595. The summed E-state index contributed by atoms with van der Waals surface area (Å²) in [5.74, 6) is 0. The van der Waals surface area contributed by atoms with Crippen molar-refractivity contribution in [2.24, 2.45) is 0 Å². The Morgan fingerprint density at radius 1 is 1.25 bits per heavy atom. The van der Waals surface area contributed by atoms with Gasteiger partial charge in [-0.1, -0.05) is 0 Å². The molecule has 0 aliphatic rings. The molecule has 1 radical (unpaired) electrons. The van der Waals surface area contributed by atoms with E-state index >= 15 is 0 Å². The van der Waals surface area contributed by atoms with Crippen molar-refractivity contribution in [2.45, 2.75) is 0 Å². The average molecular weight is 231 g/mol. The van der Waals surface area contributed by atoms with E-state index in [0.29, 0.717) is 0 Å². The third-order valence-corrected chi connectivity index (χ3v) is 0. The Kier molecular flexibility index (Phi) is 72.2. The van der Waals surface area contributed by atoms with E-state index in [1.807, 2.05) is 7.93 Å². The molecule has 0 aromatic carbocycles. The van der Waals surface area contributed by atoms with Crippen molar-refractivity contribution in [3.05, 3.63) is 0 Å². The third-order valence-electron chi connectivity index (χ3n) is 0. The van der Waals surface area contributed by atoms with Gasteiger partial charge in [0.1, 0.15) is 0 Å². The molecule has 0 fully saturated rings. The third kappa shape index (κ3) is 8.82. The quantitative estimate of drug-likeness (QED) is 0.385. The summed E-state index contributed by atoms with van der Waals surface area (Å²) >= 11 is 4.10. The van der Waals surface area contributed by atoms with Gasteiger partial charge in [0, 0.05) is 22.4 Å². The second kappa shape index (κ2) is 18.0. The summed E-state index contributed by atoms with van der Waals surface area (Å²) < 4.78 is 0. The van der Waals surface area contributed by atoms with Gasteiger partial charge in [-0.25, -0.2) is 0 Å². The first-order valence-electron chi connectivity index (χ1n) is 0.174. The molecule has 4 heavy (non-hydrogen) atoms. The molecule has 0 N–H and O–H groups in total. The molecule has 4 heteroatoms. The molecule has 0 aliphatic heterocycles. The molecule has 0 aliphatic carbocycles. The van der Waals surface area contributed by atoms with Gasteiger partial charge in [0.05, 0.1) is 0 Å². The first kappa shape index (κ1) is 16.1. The summed E-state index contributed by atoms with van der Waals surface area (Å²) in [6, 6.07) is 0. The topological polar surface area (TPSA) is 0 Å². The Hall–Kier alpha value is 2.46. The molecular formula is H4AgCuMgP. The van der Waals surface area contributed by atoms with Crippen molar-refractivity contribution in [3.63, 3.8) is 0 Å². The monoisotopic (exact) mass is 229 g/mol. The zero-order valence-corrected chi connectivity index (χ0v) is 4.76. The van der Waals surface area contributed by atoms with E-state index in [4.69, 9.17) is 0 Å². The Morgan fingerprint density at radius 2 is 1.25 bits per heavy atom.